The van der Waals surface area contributed by atoms with Crippen molar-refractivity contribution in [3.8, 4) is 0 Å². The lowest BCUT2D eigenvalue weighted by Crippen LogP contribution is -2.41. The molecule has 0 aromatic rings. The molecule has 12 heavy (non-hydrogen) atoms. The molecule has 0 aromatic carbocycles. The van der Waals surface area contributed by atoms with Gasteiger partial charge in [-0.1, -0.05) is 0 Å². The molecule has 1 rings (SSSR count). The van der Waals surface area contributed by atoms with Crippen LogP contribution in [0.5, 0.6) is 0 Å². The summed E-state index contributed by atoms with van der Waals surface area (Å²) in [5.41, 5.74) is 5.39. The standard InChI is InChI=1S/C7H14N2O2.ClH/c1-5(8)7(11)9-3-2-6(10)4-9;/h5-6,10H,2-4,8H2,1H3;1H. The SMILES string of the molecule is CC(N)C(=O)N1CCC(O)C1.Cl. The lowest BCUT2D eigenvalue weighted by atomic mass is 10.3. The molecule has 1 saturated heterocycles. The fourth-order valence-electron chi connectivity index (χ4n) is 1.23. The van der Waals surface area contributed by atoms with E-state index in [-0.39, 0.29) is 24.4 Å². The maximum atomic E-state index is 11.2. The number of aliphatic hydroxyl groups is 1. The lowest BCUT2D eigenvalue weighted by molar-refractivity contribution is -0.131. The van der Waals surface area contributed by atoms with Gasteiger partial charge in [-0.3, -0.25) is 4.79 Å². The molecular weight excluding hydrogens is 180 g/mol. The Labute approximate surface area is 78.1 Å². The van der Waals surface area contributed by atoms with Crippen molar-refractivity contribution in [2.24, 2.45) is 5.73 Å². The number of amides is 1. The Hall–Kier alpha value is -0.320. The van der Waals surface area contributed by atoms with E-state index in [1.165, 1.54) is 0 Å². The van der Waals surface area contributed by atoms with Gasteiger partial charge in [-0.2, -0.15) is 0 Å². The molecule has 0 radical (unpaired) electrons. The summed E-state index contributed by atoms with van der Waals surface area (Å²) in [6.07, 6.45) is 0.330. The molecule has 1 amide bonds. The fraction of sp³-hybridized carbons (Fsp3) is 0.857. The molecule has 72 valence electrons. The zero-order chi connectivity index (χ0) is 8.43. The Kier molecular flexibility index (Phi) is 4.52. The van der Waals surface area contributed by atoms with Crippen LogP contribution in [0.3, 0.4) is 0 Å². The molecule has 1 aliphatic rings. The zero-order valence-corrected chi connectivity index (χ0v) is 7.88. The minimum absolute atomic E-state index is 0. The average Bonchev–Trinajstić information content (AvgIpc) is 2.34. The summed E-state index contributed by atoms with van der Waals surface area (Å²) >= 11 is 0. The van der Waals surface area contributed by atoms with E-state index in [0.29, 0.717) is 19.5 Å². The second-order valence-electron chi connectivity index (χ2n) is 3.02. The van der Waals surface area contributed by atoms with Gasteiger partial charge >= 0.3 is 0 Å². The van der Waals surface area contributed by atoms with Gasteiger partial charge in [0.1, 0.15) is 0 Å². The normalized spacial score (nSPS) is 24.9. The van der Waals surface area contributed by atoms with Gasteiger partial charge in [-0.15, -0.1) is 12.4 Å². The number of aliphatic hydroxyl groups excluding tert-OH is 1. The number of hydrogen-bond donors (Lipinski definition) is 2. The monoisotopic (exact) mass is 194 g/mol. The van der Waals surface area contributed by atoms with Crippen molar-refractivity contribution in [2.75, 3.05) is 13.1 Å². The fourth-order valence-corrected chi connectivity index (χ4v) is 1.23. The Morgan fingerprint density at radius 2 is 2.33 bits per heavy atom. The van der Waals surface area contributed by atoms with E-state index in [0.717, 1.165) is 0 Å². The summed E-state index contributed by atoms with van der Waals surface area (Å²) in [5.74, 6) is -0.0680. The molecule has 1 heterocycles. The Balaban J connectivity index is 0.00000121. The van der Waals surface area contributed by atoms with E-state index in [9.17, 15) is 4.79 Å². The summed E-state index contributed by atoms with van der Waals surface area (Å²) < 4.78 is 0. The van der Waals surface area contributed by atoms with Gasteiger partial charge < -0.3 is 15.7 Å². The Morgan fingerprint density at radius 3 is 2.67 bits per heavy atom. The maximum Gasteiger partial charge on any atom is 0.239 e. The van der Waals surface area contributed by atoms with Crippen molar-refractivity contribution >= 4 is 18.3 Å². The molecule has 0 aliphatic carbocycles. The average molecular weight is 195 g/mol. The minimum Gasteiger partial charge on any atom is -0.391 e. The first-order chi connectivity index (χ1) is 5.11. The molecule has 1 aliphatic heterocycles. The number of halogens is 1. The van der Waals surface area contributed by atoms with Crippen LogP contribution < -0.4 is 5.73 Å². The molecule has 2 atom stereocenters. The van der Waals surface area contributed by atoms with E-state index in [1.54, 1.807) is 11.8 Å². The summed E-state index contributed by atoms with van der Waals surface area (Å²) in [6.45, 7) is 2.74. The third kappa shape index (κ3) is 2.62. The lowest BCUT2D eigenvalue weighted by Gasteiger charge is -2.17. The first-order valence-electron chi connectivity index (χ1n) is 3.83. The van der Waals surface area contributed by atoms with Crippen LogP contribution in [0.2, 0.25) is 0 Å². The molecule has 1 fully saturated rings. The number of β-amino-alcohol motifs (C(OH)–C–C–N with tert-alkyl or cyclic N) is 1. The van der Waals surface area contributed by atoms with E-state index in [4.69, 9.17) is 10.8 Å². The highest BCUT2D eigenvalue weighted by Gasteiger charge is 2.25. The number of nitrogens with zero attached hydrogens (tertiary/aromatic N) is 1. The molecule has 0 saturated carbocycles. The van der Waals surface area contributed by atoms with Crippen molar-refractivity contribution in [2.45, 2.75) is 25.5 Å². The molecule has 4 nitrogen and oxygen atoms in total. The molecule has 0 bridgehead atoms. The van der Waals surface area contributed by atoms with Crippen LogP contribution in [0.4, 0.5) is 0 Å². The predicted molar refractivity (Wildman–Crippen MR) is 48.1 cm³/mol. The van der Waals surface area contributed by atoms with Gasteiger partial charge in [0.2, 0.25) is 5.91 Å². The van der Waals surface area contributed by atoms with Crippen molar-refractivity contribution in [1.29, 1.82) is 0 Å². The highest BCUT2D eigenvalue weighted by molar-refractivity contribution is 5.85. The first-order valence-corrected chi connectivity index (χ1v) is 3.83. The van der Waals surface area contributed by atoms with Crippen LogP contribution in [-0.4, -0.2) is 41.1 Å². The highest BCUT2D eigenvalue weighted by Crippen LogP contribution is 2.09. The van der Waals surface area contributed by atoms with Crippen LogP contribution in [0.1, 0.15) is 13.3 Å². The van der Waals surface area contributed by atoms with Crippen molar-refractivity contribution in [3.63, 3.8) is 0 Å². The van der Waals surface area contributed by atoms with E-state index in [1.807, 2.05) is 0 Å². The summed E-state index contributed by atoms with van der Waals surface area (Å²) in [7, 11) is 0. The van der Waals surface area contributed by atoms with Crippen LogP contribution in [0.25, 0.3) is 0 Å². The smallest absolute Gasteiger partial charge is 0.239 e. The van der Waals surface area contributed by atoms with Gasteiger partial charge in [0.25, 0.3) is 0 Å². The van der Waals surface area contributed by atoms with Gasteiger partial charge in [0.05, 0.1) is 12.1 Å². The van der Waals surface area contributed by atoms with Crippen molar-refractivity contribution in [3.05, 3.63) is 0 Å². The van der Waals surface area contributed by atoms with E-state index in [2.05, 4.69) is 0 Å². The van der Waals surface area contributed by atoms with Crippen LogP contribution in [0, 0.1) is 0 Å². The van der Waals surface area contributed by atoms with Gasteiger partial charge in [0.15, 0.2) is 0 Å². The highest BCUT2D eigenvalue weighted by atomic mass is 35.5. The quantitative estimate of drug-likeness (QED) is 0.583. The second-order valence-corrected chi connectivity index (χ2v) is 3.02. The second kappa shape index (κ2) is 4.64. The molecule has 0 aromatic heterocycles. The Bertz CT molecular complexity index is 163. The number of carbonyl (C=O) groups is 1. The van der Waals surface area contributed by atoms with Crippen LogP contribution >= 0.6 is 12.4 Å². The predicted octanol–water partition coefficient (Wildman–Crippen LogP) is -0.651. The first kappa shape index (κ1) is 11.7. The molecule has 3 N–H and O–H groups in total. The third-order valence-corrected chi connectivity index (χ3v) is 1.86. The topological polar surface area (TPSA) is 66.6 Å². The molecule has 5 heteroatoms. The van der Waals surface area contributed by atoms with Crippen LogP contribution in [0.15, 0.2) is 0 Å². The molecule has 0 spiro atoms. The van der Waals surface area contributed by atoms with Gasteiger partial charge in [-0.05, 0) is 13.3 Å². The summed E-state index contributed by atoms with van der Waals surface area (Å²) in [6, 6.07) is -0.444. The Morgan fingerprint density at radius 1 is 1.75 bits per heavy atom. The van der Waals surface area contributed by atoms with E-state index >= 15 is 0 Å². The summed E-state index contributed by atoms with van der Waals surface area (Å²) in [5, 5.41) is 9.10. The summed E-state index contributed by atoms with van der Waals surface area (Å²) in [4.78, 5) is 12.8. The minimum atomic E-state index is -0.444. The van der Waals surface area contributed by atoms with Crippen molar-refractivity contribution in [1.82, 2.24) is 4.90 Å². The molecule has 2 unspecified atom stereocenters. The largest absolute Gasteiger partial charge is 0.391 e. The maximum absolute atomic E-state index is 11.2. The number of nitrogens with two attached hydrogens (primary N) is 1. The third-order valence-electron chi connectivity index (χ3n) is 1.86. The molecular formula is C7H15ClN2O2. The van der Waals surface area contributed by atoms with Crippen LogP contribution in [-0.2, 0) is 4.79 Å². The van der Waals surface area contributed by atoms with Gasteiger partial charge in [0, 0.05) is 13.1 Å². The number of hydrogen-bond acceptors (Lipinski definition) is 3. The number of carbonyl (C=O) groups excluding carboxylic acids is 1. The van der Waals surface area contributed by atoms with Gasteiger partial charge in [-0.25, -0.2) is 0 Å². The number of likely N-dealkylation sites (tertiary alicyclic amines) is 1. The number of rotatable bonds is 1. The van der Waals surface area contributed by atoms with Crippen molar-refractivity contribution < 1.29 is 9.90 Å². The zero-order valence-electron chi connectivity index (χ0n) is 7.06. The van der Waals surface area contributed by atoms with E-state index < -0.39 is 6.04 Å².